The second-order valence-corrected chi connectivity index (χ2v) is 10.7. The third-order valence-electron chi connectivity index (χ3n) is 5.05. The van der Waals surface area contributed by atoms with E-state index in [0.29, 0.717) is 25.9 Å². The predicted molar refractivity (Wildman–Crippen MR) is 104 cm³/mol. The fourth-order valence-corrected chi connectivity index (χ4v) is 4.66. The number of piperidine rings is 1. The minimum Gasteiger partial charge on any atom is -0.591 e. The molecule has 1 aromatic carbocycles. The van der Waals surface area contributed by atoms with Crippen molar-refractivity contribution in [2.75, 3.05) is 13.1 Å². The van der Waals surface area contributed by atoms with Gasteiger partial charge in [0.1, 0.15) is 21.8 Å². The summed E-state index contributed by atoms with van der Waals surface area (Å²) in [4.78, 5) is 12.7. The average Bonchev–Trinajstić information content (AvgIpc) is 2.80. The molecule has 0 radical (unpaired) electrons. The number of halogens is 1. The summed E-state index contributed by atoms with van der Waals surface area (Å²) in [5.74, 6) is 0. The molecule has 1 saturated heterocycles. The van der Waals surface area contributed by atoms with Gasteiger partial charge in [-0.25, -0.2) is 4.79 Å². The Morgan fingerprint density at radius 2 is 2.00 bits per heavy atom. The van der Waals surface area contributed by atoms with Crippen LogP contribution in [-0.2, 0) is 17.8 Å². The normalized spacial score (nSPS) is 22.3. The van der Waals surface area contributed by atoms with Crippen LogP contribution in [0, 0.1) is 5.41 Å². The van der Waals surface area contributed by atoms with Gasteiger partial charge in [-0.05, 0) is 57.7 Å². The van der Waals surface area contributed by atoms with Crippen LogP contribution in [0.25, 0.3) is 0 Å². The molecule has 1 aliphatic carbocycles. The van der Waals surface area contributed by atoms with Crippen LogP contribution < -0.4 is 0 Å². The summed E-state index contributed by atoms with van der Waals surface area (Å²) in [5, 5.41) is 9.24. The number of amides is 1. The Balaban J connectivity index is 2.01. The Kier molecular flexibility index (Phi) is 4.94. The molecule has 1 heterocycles. The maximum absolute atomic E-state index is 12.7. The third-order valence-corrected chi connectivity index (χ3v) is 6.94. The quantitative estimate of drug-likeness (QED) is 0.688. The standard InChI is InChI=1S/C18H23BrN2O3S/c1-17(2,3)25(24)20-15-14-10-13(19)5-4-12(14)11-18(15)6-8-21(9-7-18)16(22)23/h4-5,10H,6-9,11H2,1-3H3,(H,22,23). The molecule has 1 atom stereocenters. The molecule has 1 aromatic rings. The fraction of sp³-hybridized carbons (Fsp3) is 0.556. The van der Waals surface area contributed by atoms with Gasteiger partial charge in [0, 0.05) is 28.5 Å². The lowest BCUT2D eigenvalue weighted by molar-refractivity contribution is 0.115. The van der Waals surface area contributed by atoms with Crippen molar-refractivity contribution in [2.45, 2.75) is 44.8 Å². The minimum atomic E-state index is -1.34. The van der Waals surface area contributed by atoms with Crippen molar-refractivity contribution in [2.24, 2.45) is 9.81 Å². The summed E-state index contributed by atoms with van der Waals surface area (Å²) in [6.07, 6.45) is 1.39. The molecule has 0 saturated carbocycles. The molecule has 1 fully saturated rings. The van der Waals surface area contributed by atoms with Crippen LogP contribution in [0.15, 0.2) is 27.1 Å². The summed E-state index contributed by atoms with van der Waals surface area (Å²) in [5.41, 5.74) is 2.94. The Labute approximate surface area is 160 Å². The number of rotatable bonds is 1. The molecule has 25 heavy (non-hydrogen) atoms. The van der Waals surface area contributed by atoms with Gasteiger partial charge in [0.25, 0.3) is 0 Å². The van der Waals surface area contributed by atoms with E-state index in [1.165, 1.54) is 10.5 Å². The highest BCUT2D eigenvalue weighted by Crippen LogP contribution is 2.46. The van der Waals surface area contributed by atoms with E-state index in [9.17, 15) is 14.5 Å². The van der Waals surface area contributed by atoms with E-state index in [1.54, 1.807) is 0 Å². The Bertz CT molecular complexity index is 722. The molecule has 7 heteroatoms. The van der Waals surface area contributed by atoms with Gasteiger partial charge >= 0.3 is 6.09 Å². The van der Waals surface area contributed by atoms with E-state index in [0.717, 1.165) is 22.2 Å². The van der Waals surface area contributed by atoms with Crippen LogP contribution in [-0.4, -0.2) is 44.2 Å². The summed E-state index contributed by atoms with van der Waals surface area (Å²) in [6.45, 7) is 6.74. The Hall–Kier alpha value is -1.05. The van der Waals surface area contributed by atoms with Gasteiger partial charge in [-0.3, -0.25) is 0 Å². The molecule has 1 aliphatic heterocycles. The lowest BCUT2D eigenvalue weighted by atomic mass is 9.74. The smallest absolute Gasteiger partial charge is 0.407 e. The zero-order valence-electron chi connectivity index (χ0n) is 14.7. The van der Waals surface area contributed by atoms with Crippen molar-refractivity contribution in [3.05, 3.63) is 33.8 Å². The van der Waals surface area contributed by atoms with Crippen LogP contribution >= 0.6 is 15.9 Å². The first kappa shape index (κ1) is 18.7. The maximum atomic E-state index is 12.7. The minimum absolute atomic E-state index is 0.212. The van der Waals surface area contributed by atoms with Gasteiger partial charge in [0.05, 0.1) is 0 Å². The van der Waals surface area contributed by atoms with Crippen LogP contribution in [0.3, 0.4) is 0 Å². The molecule has 1 unspecified atom stereocenters. The van der Waals surface area contributed by atoms with Crippen molar-refractivity contribution in [1.82, 2.24) is 4.90 Å². The maximum Gasteiger partial charge on any atom is 0.407 e. The van der Waals surface area contributed by atoms with Crippen molar-refractivity contribution in [1.29, 1.82) is 0 Å². The van der Waals surface area contributed by atoms with E-state index in [-0.39, 0.29) is 5.41 Å². The number of likely N-dealkylation sites (tertiary alicyclic amines) is 1. The number of benzene rings is 1. The fourth-order valence-electron chi connectivity index (χ4n) is 3.56. The SMILES string of the molecule is CC(C)(C)[S+]([O-])N=C1c2cc(Br)ccc2CC12CCN(C(=O)O)CC2. The highest BCUT2D eigenvalue weighted by Gasteiger charge is 2.48. The summed E-state index contributed by atoms with van der Waals surface area (Å²) in [6, 6.07) is 6.15. The van der Waals surface area contributed by atoms with Crippen molar-refractivity contribution >= 4 is 39.1 Å². The lowest BCUT2D eigenvalue weighted by Gasteiger charge is -2.38. The number of nitrogens with zero attached hydrogens (tertiary/aromatic N) is 2. The van der Waals surface area contributed by atoms with E-state index in [4.69, 9.17) is 0 Å². The first-order valence-corrected chi connectivity index (χ1v) is 10.3. The first-order chi connectivity index (χ1) is 11.6. The van der Waals surface area contributed by atoms with E-state index >= 15 is 0 Å². The van der Waals surface area contributed by atoms with Crippen molar-refractivity contribution in [3.8, 4) is 0 Å². The molecule has 0 bridgehead atoms. The summed E-state index contributed by atoms with van der Waals surface area (Å²) in [7, 11) is 0. The zero-order chi connectivity index (χ0) is 18.4. The van der Waals surface area contributed by atoms with Gasteiger partial charge in [-0.1, -0.05) is 26.4 Å². The molecular formula is C18H23BrN2O3S. The van der Waals surface area contributed by atoms with Gasteiger partial charge in [-0.2, -0.15) is 0 Å². The third kappa shape index (κ3) is 3.59. The van der Waals surface area contributed by atoms with Gasteiger partial charge in [0.15, 0.2) is 0 Å². The van der Waals surface area contributed by atoms with Crippen LogP contribution in [0.5, 0.6) is 0 Å². The molecule has 1 spiro atoms. The van der Waals surface area contributed by atoms with E-state index in [2.05, 4.69) is 26.4 Å². The van der Waals surface area contributed by atoms with Crippen molar-refractivity contribution < 1.29 is 14.5 Å². The van der Waals surface area contributed by atoms with Crippen LogP contribution in [0.1, 0.15) is 44.7 Å². The van der Waals surface area contributed by atoms with Gasteiger partial charge < -0.3 is 14.6 Å². The molecular weight excluding hydrogens is 404 g/mol. The average molecular weight is 427 g/mol. The van der Waals surface area contributed by atoms with Crippen LogP contribution in [0.2, 0.25) is 0 Å². The molecule has 0 aromatic heterocycles. The lowest BCUT2D eigenvalue weighted by Crippen LogP contribution is -2.45. The highest BCUT2D eigenvalue weighted by molar-refractivity contribution is 9.10. The summed E-state index contributed by atoms with van der Waals surface area (Å²) >= 11 is 2.18. The largest absolute Gasteiger partial charge is 0.591 e. The Morgan fingerprint density at radius 3 is 2.56 bits per heavy atom. The number of hydrogen-bond acceptors (Lipinski definition) is 3. The highest BCUT2D eigenvalue weighted by atomic mass is 79.9. The molecule has 136 valence electrons. The van der Waals surface area contributed by atoms with E-state index in [1.807, 2.05) is 32.9 Å². The number of carboxylic acid groups (broad SMARTS) is 1. The monoisotopic (exact) mass is 426 g/mol. The van der Waals surface area contributed by atoms with Gasteiger partial charge in [0.2, 0.25) is 0 Å². The van der Waals surface area contributed by atoms with Crippen LogP contribution in [0.4, 0.5) is 4.79 Å². The van der Waals surface area contributed by atoms with Gasteiger partial charge in [-0.15, -0.1) is 0 Å². The molecule has 3 rings (SSSR count). The molecule has 1 amide bonds. The Morgan fingerprint density at radius 1 is 1.36 bits per heavy atom. The molecule has 1 N–H and O–H groups in total. The van der Waals surface area contributed by atoms with Crippen molar-refractivity contribution in [3.63, 3.8) is 0 Å². The topological polar surface area (TPSA) is 76.0 Å². The predicted octanol–water partition coefficient (Wildman–Crippen LogP) is 4.02. The van der Waals surface area contributed by atoms with E-state index < -0.39 is 22.2 Å². The number of carbonyl (C=O) groups is 1. The zero-order valence-corrected chi connectivity index (χ0v) is 17.1. The number of fused-ring (bicyclic) bond motifs is 1. The number of hydrogen-bond donors (Lipinski definition) is 1. The molecule has 2 aliphatic rings. The second-order valence-electron chi connectivity index (χ2n) is 7.83. The first-order valence-electron chi connectivity index (χ1n) is 8.40. The summed E-state index contributed by atoms with van der Waals surface area (Å²) < 4.78 is 17.9. The second kappa shape index (κ2) is 6.59. The molecule has 5 nitrogen and oxygen atoms in total.